The van der Waals surface area contributed by atoms with Crippen molar-refractivity contribution >= 4 is 35.6 Å². The maximum absolute atomic E-state index is 11.1. The highest BCUT2D eigenvalue weighted by Crippen LogP contribution is 2.43. The molecule has 0 fully saturated rings. The second-order valence-corrected chi connectivity index (χ2v) is 8.40. The van der Waals surface area contributed by atoms with Gasteiger partial charge in [-0.15, -0.1) is 12.4 Å². The number of unbranched alkanes of at least 4 members (excludes halogenated alkanes) is 2. The minimum absolute atomic E-state index is 0. The molecule has 2 nitrogen and oxygen atoms in total. The lowest BCUT2D eigenvalue weighted by atomic mass is 9.95. The number of nitrogens with zero attached hydrogens (tertiary/aromatic N) is 1. The highest BCUT2D eigenvalue weighted by Gasteiger charge is 2.26. The van der Waals surface area contributed by atoms with Crippen molar-refractivity contribution in [3.8, 4) is 11.1 Å². The van der Waals surface area contributed by atoms with E-state index in [9.17, 15) is 5.11 Å². The molecule has 3 rings (SSSR count). The molecule has 0 heterocycles. The topological polar surface area (TPSA) is 23.5 Å². The van der Waals surface area contributed by atoms with Gasteiger partial charge < -0.3 is 10.0 Å². The summed E-state index contributed by atoms with van der Waals surface area (Å²) in [5.74, 6) is 0. The number of halogens is 3. The first-order valence-corrected chi connectivity index (χ1v) is 10.8. The molecule has 2 aromatic rings. The molecule has 0 bridgehead atoms. The lowest BCUT2D eigenvalue weighted by Gasteiger charge is -2.26. The summed E-state index contributed by atoms with van der Waals surface area (Å²) < 4.78 is 0. The molecule has 5 heteroatoms. The van der Waals surface area contributed by atoms with Crippen molar-refractivity contribution in [2.75, 3.05) is 19.6 Å². The van der Waals surface area contributed by atoms with Crippen LogP contribution in [0.4, 0.5) is 0 Å². The average Bonchev–Trinajstić information content (AvgIpc) is 2.99. The lowest BCUT2D eigenvalue weighted by Crippen LogP contribution is -2.31. The molecule has 0 saturated heterocycles. The lowest BCUT2D eigenvalue weighted by molar-refractivity contribution is 0.111. The van der Waals surface area contributed by atoms with Crippen LogP contribution in [0.3, 0.4) is 0 Å². The molecule has 0 aromatic heterocycles. The van der Waals surface area contributed by atoms with Crippen molar-refractivity contribution in [2.24, 2.45) is 0 Å². The number of hydrogen-bond acceptors (Lipinski definition) is 2. The van der Waals surface area contributed by atoms with E-state index >= 15 is 0 Å². The zero-order valence-electron chi connectivity index (χ0n) is 16.7. The van der Waals surface area contributed by atoms with Gasteiger partial charge in [-0.25, -0.2) is 0 Å². The van der Waals surface area contributed by atoms with E-state index in [1.54, 1.807) is 0 Å². The molecule has 0 radical (unpaired) electrons. The minimum Gasteiger partial charge on any atom is -0.387 e. The van der Waals surface area contributed by atoms with Gasteiger partial charge in [0, 0.05) is 16.6 Å². The molecule has 2 aromatic carbocycles. The zero-order chi connectivity index (χ0) is 19.4. The largest absolute Gasteiger partial charge is 0.387 e. The average molecular weight is 443 g/mol. The molecule has 0 saturated carbocycles. The number of benzene rings is 2. The number of hydrogen-bond donors (Lipinski definition) is 1. The van der Waals surface area contributed by atoms with Crippen LogP contribution in [-0.4, -0.2) is 29.6 Å². The van der Waals surface area contributed by atoms with Gasteiger partial charge in [0.05, 0.1) is 6.10 Å². The fourth-order valence-electron chi connectivity index (χ4n) is 3.98. The maximum atomic E-state index is 11.1. The smallest absolute Gasteiger partial charge is 0.0923 e. The Morgan fingerprint density at radius 2 is 1.61 bits per heavy atom. The Labute approximate surface area is 185 Å². The van der Waals surface area contributed by atoms with E-state index in [1.165, 1.54) is 29.5 Å². The molecule has 1 unspecified atom stereocenters. The van der Waals surface area contributed by atoms with Gasteiger partial charge in [-0.3, -0.25) is 0 Å². The van der Waals surface area contributed by atoms with Crippen LogP contribution in [0.15, 0.2) is 30.3 Å². The highest BCUT2D eigenvalue weighted by molar-refractivity contribution is 6.31. The first-order valence-electron chi connectivity index (χ1n) is 10.0. The van der Waals surface area contributed by atoms with Crippen molar-refractivity contribution in [1.82, 2.24) is 4.90 Å². The van der Waals surface area contributed by atoms with Gasteiger partial charge in [0.2, 0.25) is 0 Å². The van der Waals surface area contributed by atoms with Crippen molar-refractivity contribution in [3.05, 3.63) is 57.1 Å². The molecule has 28 heavy (non-hydrogen) atoms. The van der Waals surface area contributed by atoms with Crippen LogP contribution >= 0.6 is 35.6 Å². The Hall–Kier alpha value is -0.770. The van der Waals surface area contributed by atoms with E-state index in [1.807, 2.05) is 24.3 Å². The summed E-state index contributed by atoms with van der Waals surface area (Å²) in [6.45, 7) is 7.13. The van der Waals surface area contributed by atoms with Gasteiger partial charge in [0.15, 0.2) is 0 Å². The van der Waals surface area contributed by atoms with E-state index < -0.39 is 6.10 Å². The van der Waals surface area contributed by atoms with Gasteiger partial charge in [0.25, 0.3) is 0 Å². The third kappa shape index (κ3) is 5.43. The first-order chi connectivity index (χ1) is 13.0. The van der Waals surface area contributed by atoms with Crippen LogP contribution in [0.5, 0.6) is 0 Å². The SMILES string of the molecule is CCCCN(CCCC)CC(O)c1cc(Cl)cc2c1-c1ccc(Cl)cc1C2.Cl. The van der Waals surface area contributed by atoms with Crippen LogP contribution in [0, 0.1) is 0 Å². The van der Waals surface area contributed by atoms with Crippen molar-refractivity contribution in [1.29, 1.82) is 0 Å². The monoisotopic (exact) mass is 441 g/mol. The molecule has 0 amide bonds. The molecule has 0 spiro atoms. The fraction of sp³-hybridized carbons (Fsp3) is 0.478. The van der Waals surface area contributed by atoms with Crippen LogP contribution in [0.1, 0.15) is 62.3 Å². The summed E-state index contributed by atoms with van der Waals surface area (Å²) in [6.07, 6.45) is 4.92. The summed E-state index contributed by atoms with van der Waals surface area (Å²) in [4.78, 5) is 2.39. The Morgan fingerprint density at radius 1 is 0.964 bits per heavy atom. The third-order valence-electron chi connectivity index (χ3n) is 5.38. The Morgan fingerprint density at radius 3 is 2.25 bits per heavy atom. The predicted octanol–water partition coefficient (Wildman–Crippen LogP) is 6.92. The highest BCUT2D eigenvalue weighted by atomic mass is 35.5. The number of fused-ring (bicyclic) bond motifs is 3. The van der Waals surface area contributed by atoms with Crippen molar-refractivity contribution in [2.45, 2.75) is 52.1 Å². The molecule has 154 valence electrons. The van der Waals surface area contributed by atoms with Crippen LogP contribution in [-0.2, 0) is 6.42 Å². The zero-order valence-corrected chi connectivity index (χ0v) is 19.0. The summed E-state index contributed by atoms with van der Waals surface area (Å²) in [6, 6.07) is 9.98. The van der Waals surface area contributed by atoms with Crippen molar-refractivity contribution < 1.29 is 5.11 Å². The van der Waals surface area contributed by atoms with E-state index in [-0.39, 0.29) is 12.4 Å². The van der Waals surface area contributed by atoms with Gasteiger partial charge in [-0.05, 0) is 84.4 Å². The van der Waals surface area contributed by atoms with Gasteiger partial charge in [-0.2, -0.15) is 0 Å². The number of aliphatic hydroxyl groups is 1. The Balaban J connectivity index is 0.00000280. The van der Waals surface area contributed by atoms with Crippen LogP contribution in [0.25, 0.3) is 11.1 Å². The van der Waals surface area contributed by atoms with Gasteiger partial charge in [0.1, 0.15) is 0 Å². The molecule has 1 N–H and O–H groups in total. The molecule has 1 aliphatic carbocycles. The maximum Gasteiger partial charge on any atom is 0.0923 e. The summed E-state index contributed by atoms with van der Waals surface area (Å²) in [5, 5.41) is 12.6. The van der Waals surface area contributed by atoms with Crippen LogP contribution in [0.2, 0.25) is 10.0 Å². The minimum atomic E-state index is -0.548. The first kappa shape index (κ1) is 23.5. The fourth-order valence-corrected chi connectivity index (χ4v) is 4.42. The van der Waals surface area contributed by atoms with Gasteiger partial charge in [-0.1, -0.05) is 56.0 Å². The standard InChI is InChI=1S/C23H29Cl2NO.ClH/c1-3-5-9-26(10-6-4-2)15-22(27)21-14-19(25)13-17-11-16-12-18(24)7-8-20(16)23(17)21;/h7-8,12-14,22,27H,3-6,9-11,15H2,1-2H3;1H. The van der Waals surface area contributed by atoms with E-state index in [0.29, 0.717) is 11.6 Å². The number of rotatable bonds is 9. The summed E-state index contributed by atoms with van der Waals surface area (Å²) in [5.41, 5.74) is 5.65. The van der Waals surface area contributed by atoms with E-state index in [4.69, 9.17) is 23.2 Å². The predicted molar refractivity (Wildman–Crippen MR) is 123 cm³/mol. The van der Waals surface area contributed by atoms with E-state index in [2.05, 4.69) is 24.8 Å². The van der Waals surface area contributed by atoms with Crippen LogP contribution < -0.4 is 0 Å². The second-order valence-electron chi connectivity index (χ2n) is 7.53. The normalized spacial score (nSPS) is 13.2. The second kappa shape index (κ2) is 10.8. The molecule has 1 atom stereocenters. The molecular formula is C23H30Cl3NO. The summed E-state index contributed by atoms with van der Waals surface area (Å²) in [7, 11) is 0. The molecular weight excluding hydrogens is 413 g/mol. The molecule has 0 aliphatic heterocycles. The Bertz CT molecular complexity index is 786. The van der Waals surface area contributed by atoms with Crippen molar-refractivity contribution in [3.63, 3.8) is 0 Å². The number of aliphatic hydroxyl groups excluding tert-OH is 1. The van der Waals surface area contributed by atoms with Gasteiger partial charge >= 0.3 is 0 Å². The Kier molecular flexibility index (Phi) is 9.11. The summed E-state index contributed by atoms with van der Waals surface area (Å²) >= 11 is 12.6. The van der Waals surface area contributed by atoms with E-state index in [0.717, 1.165) is 48.5 Å². The quantitative estimate of drug-likeness (QED) is 0.388. The molecule has 1 aliphatic rings. The third-order valence-corrected chi connectivity index (χ3v) is 5.83.